The summed E-state index contributed by atoms with van der Waals surface area (Å²) < 4.78 is 4.06. The number of carbonyl (C=O) groups is 1. The molecule has 4 aromatic heterocycles. The number of rotatable bonds is 3. The van der Waals surface area contributed by atoms with Crippen molar-refractivity contribution in [2.45, 2.75) is 6.92 Å². The molecule has 4 aromatic rings. The van der Waals surface area contributed by atoms with Crippen LogP contribution in [0.3, 0.4) is 0 Å². The highest BCUT2D eigenvalue weighted by molar-refractivity contribution is 9.10. The molecule has 4 rings (SSSR count). The number of aromatic carboxylic acids is 1. The lowest BCUT2D eigenvalue weighted by atomic mass is 10.4. The summed E-state index contributed by atoms with van der Waals surface area (Å²) in [5.74, 6) is -0.162. The molecule has 0 aliphatic carbocycles. The second kappa shape index (κ2) is 9.69. The van der Waals surface area contributed by atoms with Gasteiger partial charge in [-0.1, -0.05) is 23.2 Å². The molecule has 0 radical (unpaired) electrons. The van der Waals surface area contributed by atoms with Crippen LogP contribution in [0.15, 0.2) is 58.0 Å². The second-order valence-corrected chi connectivity index (χ2v) is 8.15. The van der Waals surface area contributed by atoms with Crippen molar-refractivity contribution in [3.8, 4) is 11.6 Å². The van der Waals surface area contributed by atoms with Gasteiger partial charge in [0.1, 0.15) is 9.21 Å². The Labute approximate surface area is 197 Å². The van der Waals surface area contributed by atoms with Crippen molar-refractivity contribution in [1.29, 1.82) is 0 Å². The first-order valence-electron chi connectivity index (χ1n) is 8.20. The molecule has 8 nitrogen and oxygen atoms in total. The van der Waals surface area contributed by atoms with Crippen LogP contribution in [0.2, 0.25) is 10.0 Å². The smallest absolute Gasteiger partial charge is 0.354 e. The summed E-state index contributed by atoms with van der Waals surface area (Å²) in [5.41, 5.74) is 0.977. The van der Waals surface area contributed by atoms with Gasteiger partial charge in [0.2, 0.25) is 0 Å². The van der Waals surface area contributed by atoms with Gasteiger partial charge < -0.3 is 5.11 Å². The van der Waals surface area contributed by atoms with E-state index in [4.69, 9.17) is 28.3 Å². The minimum absolute atomic E-state index is 0.00697. The van der Waals surface area contributed by atoms with Crippen LogP contribution in [0, 0.1) is 6.92 Å². The van der Waals surface area contributed by atoms with E-state index in [2.05, 4.69) is 52.0 Å². The summed E-state index contributed by atoms with van der Waals surface area (Å²) >= 11 is 18.3. The van der Waals surface area contributed by atoms with E-state index < -0.39 is 5.97 Å². The van der Waals surface area contributed by atoms with Gasteiger partial charge in [0.15, 0.2) is 17.3 Å². The molecule has 1 N–H and O–H groups in total. The summed E-state index contributed by atoms with van der Waals surface area (Å²) in [5, 5.41) is 18.1. The van der Waals surface area contributed by atoms with Crippen molar-refractivity contribution in [3.05, 3.63) is 79.4 Å². The Morgan fingerprint density at radius 1 is 0.933 bits per heavy atom. The molecular weight excluding hydrogens is 563 g/mol. The lowest BCUT2D eigenvalue weighted by molar-refractivity contribution is 0.0687. The summed E-state index contributed by atoms with van der Waals surface area (Å²) in [4.78, 5) is 19.1. The lowest BCUT2D eigenvalue weighted by Crippen LogP contribution is -2.09. The molecule has 0 unspecified atom stereocenters. The number of hydrogen-bond acceptors (Lipinski definition) is 5. The van der Waals surface area contributed by atoms with Gasteiger partial charge in [0.25, 0.3) is 0 Å². The van der Waals surface area contributed by atoms with Crippen molar-refractivity contribution in [1.82, 2.24) is 29.5 Å². The number of halogens is 4. The molecule has 0 aliphatic rings. The third-order valence-electron chi connectivity index (χ3n) is 3.64. The average molecular weight is 575 g/mol. The van der Waals surface area contributed by atoms with Crippen molar-refractivity contribution < 1.29 is 9.90 Å². The number of aromatic nitrogens is 6. The Balaban J connectivity index is 0.000000172. The second-order valence-electron chi connectivity index (χ2n) is 5.71. The molecule has 0 saturated carbocycles. The normalized spacial score (nSPS) is 10.4. The fourth-order valence-electron chi connectivity index (χ4n) is 2.38. The fraction of sp³-hybridized carbons (Fsp3) is 0.0556. The third kappa shape index (κ3) is 5.07. The van der Waals surface area contributed by atoms with Gasteiger partial charge in [-0.2, -0.15) is 10.2 Å². The number of carboxylic acid groups (broad SMARTS) is 1. The molecule has 0 aromatic carbocycles. The average Bonchev–Trinajstić information content (AvgIpc) is 3.25. The predicted octanol–water partition coefficient (Wildman–Crippen LogP) is 5.37. The number of hydrogen-bond donors (Lipinski definition) is 1. The third-order valence-corrected chi connectivity index (χ3v) is 5.00. The van der Waals surface area contributed by atoms with Gasteiger partial charge in [-0.3, -0.25) is 0 Å². The monoisotopic (exact) mass is 572 g/mol. The molecule has 12 heteroatoms. The van der Waals surface area contributed by atoms with Gasteiger partial charge in [0.05, 0.1) is 10.0 Å². The molecule has 0 aliphatic heterocycles. The van der Waals surface area contributed by atoms with E-state index in [1.165, 1.54) is 16.9 Å². The van der Waals surface area contributed by atoms with Gasteiger partial charge >= 0.3 is 5.97 Å². The fourth-order valence-corrected chi connectivity index (χ4v) is 3.65. The van der Waals surface area contributed by atoms with Crippen LogP contribution in [-0.4, -0.2) is 40.6 Å². The van der Waals surface area contributed by atoms with Gasteiger partial charge in [0, 0.05) is 24.2 Å². The minimum Gasteiger partial charge on any atom is -0.477 e. The summed E-state index contributed by atoms with van der Waals surface area (Å²) in [7, 11) is 0. The largest absolute Gasteiger partial charge is 0.477 e. The van der Waals surface area contributed by atoms with Crippen LogP contribution in [0.5, 0.6) is 0 Å². The molecular formula is C18H12Br2Cl2N6O2. The molecule has 0 spiro atoms. The molecule has 154 valence electrons. The Morgan fingerprint density at radius 2 is 1.43 bits per heavy atom. The molecule has 0 fully saturated rings. The topological polar surface area (TPSA) is 98.7 Å². The Kier molecular flexibility index (Phi) is 7.24. The van der Waals surface area contributed by atoms with E-state index in [1.54, 1.807) is 35.1 Å². The zero-order valence-electron chi connectivity index (χ0n) is 15.2. The van der Waals surface area contributed by atoms with Crippen LogP contribution in [0.25, 0.3) is 11.6 Å². The van der Waals surface area contributed by atoms with Gasteiger partial charge in [-0.05, 0) is 69.1 Å². The molecule has 0 saturated heterocycles. The standard InChI is InChI=1S/C9H5BrClN3O2.C9H7BrClN3/c10-7-4-6(9(15)16)14(13-7)8-5(11)2-1-3-12-8;1-6-5-8(10)13-14(6)9-7(11)3-2-4-12-9/h1-4H,(H,15,16);2-5H,1H3. The Morgan fingerprint density at radius 3 is 1.90 bits per heavy atom. The van der Waals surface area contributed by atoms with E-state index in [-0.39, 0.29) is 11.5 Å². The van der Waals surface area contributed by atoms with Crippen LogP contribution in [0.1, 0.15) is 16.2 Å². The maximum Gasteiger partial charge on any atom is 0.354 e. The highest BCUT2D eigenvalue weighted by atomic mass is 79.9. The molecule has 30 heavy (non-hydrogen) atoms. The van der Waals surface area contributed by atoms with E-state index in [9.17, 15) is 4.79 Å². The van der Waals surface area contributed by atoms with E-state index in [0.717, 1.165) is 10.3 Å². The highest BCUT2D eigenvalue weighted by Crippen LogP contribution is 2.21. The maximum absolute atomic E-state index is 11.0. The van der Waals surface area contributed by atoms with Gasteiger partial charge in [-0.15, -0.1) is 0 Å². The number of nitrogens with zero attached hydrogens (tertiary/aromatic N) is 6. The van der Waals surface area contributed by atoms with E-state index >= 15 is 0 Å². The van der Waals surface area contributed by atoms with Crippen LogP contribution >= 0.6 is 55.1 Å². The van der Waals surface area contributed by atoms with Crippen LogP contribution < -0.4 is 0 Å². The van der Waals surface area contributed by atoms with E-state index in [0.29, 0.717) is 20.5 Å². The quantitative estimate of drug-likeness (QED) is 0.353. The highest BCUT2D eigenvalue weighted by Gasteiger charge is 2.17. The van der Waals surface area contributed by atoms with E-state index in [1.807, 2.05) is 13.0 Å². The van der Waals surface area contributed by atoms with Crippen molar-refractivity contribution in [2.75, 3.05) is 0 Å². The van der Waals surface area contributed by atoms with Crippen molar-refractivity contribution >= 4 is 61.0 Å². The lowest BCUT2D eigenvalue weighted by Gasteiger charge is -2.04. The minimum atomic E-state index is -1.10. The Bertz CT molecular complexity index is 1210. The molecule has 0 bridgehead atoms. The number of carboxylic acids is 1. The van der Waals surface area contributed by atoms with Crippen LogP contribution in [0.4, 0.5) is 0 Å². The Hall–Kier alpha value is -2.27. The zero-order valence-corrected chi connectivity index (χ0v) is 19.9. The SMILES string of the molecule is Cc1cc(Br)nn1-c1ncccc1Cl.O=C(O)c1cc(Br)nn1-c1ncccc1Cl. The summed E-state index contributed by atoms with van der Waals surface area (Å²) in [6.45, 7) is 1.95. The van der Waals surface area contributed by atoms with Crippen LogP contribution in [-0.2, 0) is 0 Å². The first-order valence-corrected chi connectivity index (χ1v) is 10.5. The molecule has 4 heterocycles. The number of pyridine rings is 2. The van der Waals surface area contributed by atoms with Gasteiger partial charge in [-0.25, -0.2) is 24.1 Å². The first kappa shape index (κ1) is 22.4. The van der Waals surface area contributed by atoms with Crippen molar-refractivity contribution in [3.63, 3.8) is 0 Å². The van der Waals surface area contributed by atoms with Crippen molar-refractivity contribution in [2.24, 2.45) is 0 Å². The summed E-state index contributed by atoms with van der Waals surface area (Å²) in [6.07, 6.45) is 3.21. The number of aryl methyl sites for hydroxylation is 1. The summed E-state index contributed by atoms with van der Waals surface area (Å²) in [6, 6.07) is 10.1. The maximum atomic E-state index is 11.0. The predicted molar refractivity (Wildman–Crippen MR) is 120 cm³/mol. The first-order chi connectivity index (χ1) is 14.3. The molecule has 0 atom stereocenters. The molecule has 0 amide bonds. The zero-order chi connectivity index (χ0) is 21.8.